The van der Waals surface area contributed by atoms with Gasteiger partial charge in [0.1, 0.15) is 5.75 Å². The molecule has 6 nitrogen and oxygen atoms in total. The minimum atomic E-state index is -0.249. The molecule has 0 atom stereocenters. The second-order valence-electron chi connectivity index (χ2n) is 7.23. The zero-order valence-corrected chi connectivity index (χ0v) is 16.5. The van der Waals surface area contributed by atoms with Crippen molar-refractivity contribution in [3.05, 3.63) is 59.2 Å². The van der Waals surface area contributed by atoms with Crippen molar-refractivity contribution in [1.29, 1.82) is 0 Å². The van der Waals surface area contributed by atoms with Crippen molar-refractivity contribution in [1.82, 2.24) is 10.2 Å². The SMILES string of the molecule is CN(C)CCNC(=O)c1ccccc1OCC(=O)Nc1ccc2c(c1)CCC2. The number of amides is 2. The standard InChI is InChI=1S/C22H27N3O3/c1-25(2)13-12-23-22(27)19-8-3-4-9-20(19)28-15-21(26)24-18-11-10-16-6-5-7-17(16)14-18/h3-4,8-11,14H,5-7,12-13,15H2,1-2H3,(H,23,27)(H,24,26). The number of anilines is 1. The molecule has 28 heavy (non-hydrogen) atoms. The molecule has 2 N–H and O–H groups in total. The predicted molar refractivity (Wildman–Crippen MR) is 110 cm³/mol. The molecule has 2 aromatic rings. The quantitative estimate of drug-likeness (QED) is 0.737. The van der Waals surface area contributed by atoms with E-state index in [1.807, 2.05) is 31.1 Å². The highest BCUT2D eigenvalue weighted by molar-refractivity contribution is 5.97. The lowest BCUT2D eigenvalue weighted by molar-refractivity contribution is -0.118. The minimum Gasteiger partial charge on any atom is -0.483 e. The van der Waals surface area contributed by atoms with Gasteiger partial charge < -0.3 is 20.3 Å². The minimum absolute atomic E-state index is 0.154. The molecule has 6 heteroatoms. The van der Waals surface area contributed by atoms with E-state index < -0.39 is 0 Å². The zero-order chi connectivity index (χ0) is 19.9. The third kappa shape index (κ3) is 5.33. The lowest BCUT2D eigenvalue weighted by Gasteiger charge is -2.13. The van der Waals surface area contributed by atoms with Crippen molar-refractivity contribution in [3.63, 3.8) is 0 Å². The number of aryl methyl sites for hydroxylation is 2. The highest BCUT2D eigenvalue weighted by atomic mass is 16.5. The molecular weight excluding hydrogens is 354 g/mol. The number of hydrogen-bond donors (Lipinski definition) is 2. The highest BCUT2D eigenvalue weighted by Crippen LogP contribution is 2.25. The van der Waals surface area contributed by atoms with Crippen LogP contribution in [0.3, 0.4) is 0 Å². The predicted octanol–water partition coefficient (Wildman–Crippen LogP) is 2.48. The number of para-hydroxylation sites is 1. The van der Waals surface area contributed by atoms with Crippen LogP contribution in [0, 0.1) is 0 Å². The summed E-state index contributed by atoms with van der Waals surface area (Å²) < 4.78 is 5.63. The fraction of sp³-hybridized carbons (Fsp3) is 0.364. The number of nitrogens with zero attached hydrogens (tertiary/aromatic N) is 1. The molecule has 0 aliphatic heterocycles. The lowest BCUT2D eigenvalue weighted by Crippen LogP contribution is -2.31. The van der Waals surface area contributed by atoms with Gasteiger partial charge in [-0.2, -0.15) is 0 Å². The van der Waals surface area contributed by atoms with Gasteiger partial charge in [0.2, 0.25) is 0 Å². The van der Waals surface area contributed by atoms with Crippen LogP contribution in [-0.4, -0.2) is 50.5 Å². The van der Waals surface area contributed by atoms with Crippen LogP contribution in [0.5, 0.6) is 5.75 Å². The summed E-state index contributed by atoms with van der Waals surface area (Å²) in [5, 5.41) is 5.73. The molecule has 1 aliphatic rings. The Labute approximate surface area is 165 Å². The molecule has 1 aliphatic carbocycles. The average Bonchev–Trinajstić information content (AvgIpc) is 3.14. The largest absolute Gasteiger partial charge is 0.483 e. The smallest absolute Gasteiger partial charge is 0.262 e. The summed E-state index contributed by atoms with van der Waals surface area (Å²) in [6.07, 6.45) is 3.34. The first kappa shape index (κ1) is 19.9. The van der Waals surface area contributed by atoms with Gasteiger partial charge in [-0.05, 0) is 68.8 Å². The zero-order valence-electron chi connectivity index (χ0n) is 16.5. The van der Waals surface area contributed by atoms with Gasteiger partial charge in [-0.25, -0.2) is 0 Å². The van der Waals surface area contributed by atoms with Crippen molar-refractivity contribution >= 4 is 17.5 Å². The van der Waals surface area contributed by atoms with Crippen LogP contribution in [0.2, 0.25) is 0 Å². The summed E-state index contributed by atoms with van der Waals surface area (Å²) in [5.41, 5.74) is 3.87. The van der Waals surface area contributed by atoms with E-state index in [0.717, 1.165) is 25.1 Å². The van der Waals surface area contributed by atoms with Crippen molar-refractivity contribution in [2.45, 2.75) is 19.3 Å². The van der Waals surface area contributed by atoms with Crippen LogP contribution >= 0.6 is 0 Å². The molecule has 2 amide bonds. The number of ether oxygens (including phenoxy) is 1. The summed E-state index contributed by atoms with van der Waals surface area (Å²) >= 11 is 0. The summed E-state index contributed by atoms with van der Waals surface area (Å²) in [6, 6.07) is 13.0. The molecule has 0 fully saturated rings. The number of carbonyl (C=O) groups excluding carboxylic acids is 2. The summed E-state index contributed by atoms with van der Waals surface area (Å²) in [4.78, 5) is 26.6. The Bertz CT molecular complexity index is 849. The van der Waals surface area contributed by atoms with Gasteiger partial charge in [0, 0.05) is 18.8 Å². The maximum atomic E-state index is 12.4. The second kappa shape index (κ2) is 9.37. The first-order valence-electron chi connectivity index (χ1n) is 9.59. The van der Waals surface area contributed by atoms with E-state index in [-0.39, 0.29) is 18.4 Å². The molecule has 0 unspecified atom stereocenters. The van der Waals surface area contributed by atoms with E-state index in [9.17, 15) is 9.59 Å². The molecule has 2 aromatic carbocycles. The Morgan fingerprint density at radius 1 is 1.07 bits per heavy atom. The Balaban J connectivity index is 1.55. The fourth-order valence-electron chi connectivity index (χ4n) is 3.26. The molecule has 0 heterocycles. The summed E-state index contributed by atoms with van der Waals surface area (Å²) in [6.45, 7) is 1.13. The maximum Gasteiger partial charge on any atom is 0.262 e. The van der Waals surface area contributed by atoms with Gasteiger partial charge >= 0.3 is 0 Å². The third-order valence-corrected chi connectivity index (χ3v) is 4.72. The van der Waals surface area contributed by atoms with Gasteiger partial charge in [0.05, 0.1) is 5.56 Å². The van der Waals surface area contributed by atoms with Crippen LogP contribution in [0.4, 0.5) is 5.69 Å². The first-order chi connectivity index (χ1) is 13.5. The van der Waals surface area contributed by atoms with Gasteiger partial charge in [-0.1, -0.05) is 18.2 Å². The van der Waals surface area contributed by atoms with E-state index in [2.05, 4.69) is 16.7 Å². The van der Waals surface area contributed by atoms with Crippen molar-refractivity contribution in [2.75, 3.05) is 39.1 Å². The maximum absolute atomic E-state index is 12.4. The normalized spacial score (nSPS) is 12.5. The summed E-state index contributed by atoms with van der Waals surface area (Å²) in [7, 11) is 3.89. The van der Waals surface area contributed by atoms with Crippen LogP contribution < -0.4 is 15.4 Å². The number of carbonyl (C=O) groups is 2. The lowest BCUT2D eigenvalue weighted by atomic mass is 10.1. The van der Waals surface area contributed by atoms with Crippen molar-refractivity contribution in [3.8, 4) is 5.75 Å². The van der Waals surface area contributed by atoms with E-state index in [1.54, 1.807) is 24.3 Å². The van der Waals surface area contributed by atoms with Gasteiger partial charge in [0.25, 0.3) is 11.8 Å². The van der Waals surface area contributed by atoms with Gasteiger partial charge in [-0.15, -0.1) is 0 Å². The van der Waals surface area contributed by atoms with Crippen molar-refractivity contribution < 1.29 is 14.3 Å². The number of fused-ring (bicyclic) bond motifs is 1. The Morgan fingerprint density at radius 3 is 2.68 bits per heavy atom. The first-order valence-corrected chi connectivity index (χ1v) is 9.59. The van der Waals surface area contributed by atoms with E-state index in [4.69, 9.17) is 4.74 Å². The highest BCUT2D eigenvalue weighted by Gasteiger charge is 2.14. The number of benzene rings is 2. The molecular formula is C22H27N3O3. The molecule has 3 rings (SSSR count). The Kier molecular flexibility index (Phi) is 6.66. The fourth-order valence-corrected chi connectivity index (χ4v) is 3.26. The van der Waals surface area contributed by atoms with Gasteiger partial charge in [0.15, 0.2) is 6.61 Å². The number of likely N-dealkylation sites (N-methyl/N-ethyl adjacent to an activating group) is 1. The molecule has 0 radical (unpaired) electrons. The van der Waals surface area contributed by atoms with Crippen LogP contribution in [0.15, 0.2) is 42.5 Å². The summed E-state index contributed by atoms with van der Waals surface area (Å²) in [5.74, 6) is -0.0637. The topological polar surface area (TPSA) is 70.7 Å². The number of nitrogens with one attached hydrogen (secondary N) is 2. The van der Waals surface area contributed by atoms with E-state index in [1.165, 1.54) is 17.5 Å². The monoisotopic (exact) mass is 381 g/mol. The number of rotatable bonds is 8. The second-order valence-corrected chi connectivity index (χ2v) is 7.23. The molecule has 0 saturated heterocycles. The van der Waals surface area contributed by atoms with Crippen LogP contribution in [0.25, 0.3) is 0 Å². The van der Waals surface area contributed by atoms with Crippen LogP contribution in [0.1, 0.15) is 27.9 Å². The number of hydrogen-bond acceptors (Lipinski definition) is 4. The molecule has 0 aromatic heterocycles. The Hall–Kier alpha value is -2.86. The Morgan fingerprint density at radius 2 is 1.86 bits per heavy atom. The molecule has 0 saturated carbocycles. The van der Waals surface area contributed by atoms with Crippen LogP contribution in [-0.2, 0) is 17.6 Å². The average molecular weight is 381 g/mol. The molecule has 0 spiro atoms. The van der Waals surface area contributed by atoms with Gasteiger partial charge in [-0.3, -0.25) is 9.59 Å². The molecule has 148 valence electrons. The third-order valence-electron chi connectivity index (χ3n) is 4.72. The van der Waals surface area contributed by atoms with E-state index in [0.29, 0.717) is 17.9 Å². The van der Waals surface area contributed by atoms with E-state index >= 15 is 0 Å². The molecule has 0 bridgehead atoms. The van der Waals surface area contributed by atoms with Crippen molar-refractivity contribution in [2.24, 2.45) is 0 Å².